The van der Waals surface area contributed by atoms with Gasteiger partial charge in [-0.3, -0.25) is 9.59 Å². The zero-order valence-electron chi connectivity index (χ0n) is 17.9. The van der Waals surface area contributed by atoms with E-state index in [0.717, 1.165) is 22.7 Å². The first-order valence-electron chi connectivity index (χ1n) is 10.5. The highest BCUT2D eigenvalue weighted by Crippen LogP contribution is 2.30. The number of aromatic nitrogens is 1. The lowest BCUT2D eigenvalue weighted by Crippen LogP contribution is -2.50. The first-order valence-corrected chi connectivity index (χ1v) is 11.3. The van der Waals surface area contributed by atoms with E-state index in [-0.39, 0.29) is 24.6 Å². The lowest BCUT2D eigenvalue weighted by Gasteiger charge is -2.34. The average molecular weight is 474 g/mol. The highest BCUT2D eigenvalue weighted by molar-refractivity contribution is 7.13. The number of carbonyl (C=O) groups excluding carboxylic acids is 2. The van der Waals surface area contributed by atoms with Crippen LogP contribution in [-0.2, 0) is 12.6 Å². The number of piperazine rings is 1. The predicted molar refractivity (Wildman–Crippen MR) is 119 cm³/mol. The molecule has 2 heterocycles. The van der Waals surface area contributed by atoms with Crippen LogP contribution in [-0.4, -0.2) is 52.8 Å². The molecule has 33 heavy (non-hydrogen) atoms. The molecule has 0 spiro atoms. The minimum absolute atomic E-state index is 0.00606. The number of nitrogens with zero attached hydrogens (tertiary/aromatic N) is 3. The molecule has 2 amide bonds. The Hall–Kier alpha value is -3.20. The molecule has 5 nitrogen and oxygen atoms in total. The van der Waals surface area contributed by atoms with Crippen LogP contribution in [0.4, 0.5) is 13.2 Å². The summed E-state index contributed by atoms with van der Waals surface area (Å²) in [7, 11) is 0. The molecule has 4 rings (SSSR count). The Bertz CT molecular complexity index is 1150. The summed E-state index contributed by atoms with van der Waals surface area (Å²) in [6.07, 6.45) is -3.85. The number of carbonyl (C=O) groups is 2. The Labute approximate surface area is 193 Å². The van der Waals surface area contributed by atoms with Gasteiger partial charge < -0.3 is 9.80 Å². The molecule has 0 saturated carbocycles. The van der Waals surface area contributed by atoms with E-state index in [0.29, 0.717) is 30.1 Å². The molecular formula is C24H22F3N3O2S. The van der Waals surface area contributed by atoms with Gasteiger partial charge in [-0.25, -0.2) is 4.98 Å². The standard InChI is InChI=1S/C24H22F3N3O2S/c1-16-21(33-20(28-16)14-17-6-3-2-4-7-17)23(32)30-12-10-29(11-13-30)22(31)18-8-5-9-19(15-18)24(25,26)27/h2-9,15H,10-14H2,1H3. The van der Waals surface area contributed by atoms with Gasteiger partial charge in [-0.1, -0.05) is 36.4 Å². The molecule has 1 fully saturated rings. The zero-order chi connectivity index (χ0) is 23.6. The Morgan fingerprint density at radius 2 is 1.58 bits per heavy atom. The van der Waals surface area contributed by atoms with E-state index in [4.69, 9.17) is 0 Å². The molecule has 0 atom stereocenters. The summed E-state index contributed by atoms with van der Waals surface area (Å²) in [4.78, 5) is 34.0. The van der Waals surface area contributed by atoms with Crippen molar-refractivity contribution in [3.05, 3.63) is 86.9 Å². The molecule has 9 heteroatoms. The maximum Gasteiger partial charge on any atom is 0.416 e. The third kappa shape index (κ3) is 5.24. The minimum atomic E-state index is -4.51. The lowest BCUT2D eigenvalue weighted by atomic mass is 10.1. The molecule has 0 bridgehead atoms. The molecule has 1 aliphatic rings. The van der Waals surface area contributed by atoms with Crippen molar-refractivity contribution in [3.8, 4) is 0 Å². The van der Waals surface area contributed by atoms with Crippen molar-refractivity contribution in [1.29, 1.82) is 0 Å². The average Bonchev–Trinajstić information content (AvgIpc) is 3.18. The Balaban J connectivity index is 1.39. The van der Waals surface area contributed by atoms with Crippen molar-refractivity contribution >= 4 is 23.2 Å². The SMILES string of the molecule is Cc1nc(Cc2ccccc2)sc1C(=O)N1CCN(C(=O)c2cccc(C(F)(F)F)c2)CC1. The van der Waals surface area contributed by atoms with Gasteiger partial charge in [0.25, 0.3) is 11.8 Å². The van der Waals surface area contributed by atoms with Gasteiger partial charge in [-0.15, -0.1) is 11.3 Å². The Morgan fingerprint density at radius 3 is 2.21 bits per heavy atom. The molecule has 2 aromatic carbocycles. The number of aryl methyl sites for hydroxylation is 1. The molecule has 0 unspecified atom stereocenters. The quantitative estimate of drug-likeness (QED) is 0.554. The van der Waals surface area contributed by atoms with Crippen LogP contribution in [0.5, 0.6) is 0 Å². The van der Waals surface area contributed by atoms with E-state index in [2.05, 4.69) is 4.98 Å². The number of halogens is 3. The zero-order valence-corrected chi connectivity index (χ0v) is 18.7. The van der Waals surface area contributed by atoms with Crippen LogP contribution in [0, 0.1) is 6.92 Å². The van der Waals surface area contributed by atoms with E-state index < -0.39 is 17.6 Å². The maximum absolute atomic E-state index is 13.1. The summed E-state index contributed by atoms with van der Waals surface area (Å²) in [5.74, 6) is -0.595. The third-order valence-electron chi connectivity index (χ3n) is 5.52. The van der Waals surface area contributed by atoms with Gasteiger partial charge in [0.2, 0.25) is 0 Å². The second kappa shape index (κ2) is 9.35. The third-order valence-corrected chi connectivity index (χ3v) is 6.67. The predicted octanol–water partition coefficient (Wildman–Crippen LogP) is 4.66. The van der Waals surface area contributed by atoms with Crippen molar-refractivity contribution in [2.45, 2.75) is 19.5 Å². The van der Waals surface area contributed by atoms with E-state index in [9.17, 15) is 22.8 Å². The van der Waals surface area contributed by atoms with E-state index in [1.54, 1.807) is 4.90 Å². The summed E-state index contributed by atoms with van der Waals surface area (Å²) in [6.45, 7) is 2.96. The highest BCUT2D eigenvalue weighted by atomic mass is 32.1. The van der Waals surface area contributed by atoms with Crippen LogP contribution in [0.15, 0.2) is 54.6 Å². The first kappa shape index (κ1) is 23.0. The smallest absolute Gasteiger partial charge is 0.335 e. The Kier molecular flexibility index (Phi) is 6.51. The normalized spacial score (nSPS) is 14.4. The number of hydrogen-bond donors (Lipinski definition) is 0. The molecule has 1 aromatic heterocycles. The fourth-order valence-corrected chi connectivity index (χ4v) is 4.83. The molecule has 0 N–H and O–H groups in total. The van der Waals surface area contributed by atoms with Gasteiger partial charge in [0.15, 0.2) is 0 Å². The second-order valence-corrected chi connectivity index (χ2v) is 8.93. The molecular weight excluding hydrogens is 451 g/mol. The molecule has 1 saturated heterocycles. The highest BCUT2D eigenvalue weighted by Gasteiger charge is 2.32. The molecule has 0 radical (unpaired) electrons. The summed E-state index contributed by atoms with van der Waals surface area (Å²) in [5.41, 5.74) is 0.938. The van der Waals surface area contributed by atoms with Crippen LogP contribution in [0.25, 0.3) is 0 Å². The largest absolute Gasteiger partial charge is 0.416 e. The lowest BCUT2D eigenvalue weighted by molar-refractivity contribution is -0.137. The van der Waals surface area contributed by atoms with Crippen molar-refractivity contribution in [2.75, 3.05) is 26.2 Å². The summed E-state index contributed by atoms with van der Waals surface area (Å²) in [5, 5.41) is 0.861. The fraction of sp³-hybridized carbons (Fsp3) is 0.292. The van der Waals surface area contributed by atoms with Crippen LogP contribution in [0.1, 0.15) is 41.9 Å². The fourth-order valence-electron chi connectivity index (χ4n) is 3.76. The summed E-state index contributed by atoms with van der Waals surface area (Å²) >= 11 is 1.37. The Morgan fingerprint density at radius 1 is 0.939 bits per heavy atom. The van der Waals surface area contributed by atoms with Crippen LogP contribution < -0.4 is 0 Å². The number of benzene rings is 2. The first-order chi connectivity index (χ1) is 15.7. The number of rotatable bonds is 4. The van der Waals surface area contributed by atoms with Gasteiger partial charge in [-0.2, -0.15) is 13.2 Å². The number of amides is 2. The van der Waals surface area contributed by atoms with Crippen molar-refractivity contribution in [1.82, 2.24) is 14.8 Å². The monoisotopic (exact) mass is 473 g/mol. The van der Waals surface area contributed by atoms with E-state index in [1.165, 1.54) is 28.4 Å². The van der Waals surface area contributed by atoms with Crippen molar-refractivity contribution < 1.29 is 22.8 Å². The summed E-state index contributed by atoms with van der Waals surface area (Å²) in [6, 6.07) is 14.3. The minimum Gasteiger partial charge on any atom is -0.335 e. The van der Waals surface area contributed by atoms with Crippen LogP contribution >= 0.6 is 11.3 Å². The van der Waals surface area contributed by atoms with Crippen molar-refractivity contribution in [3.63, 3.8) is 0 Å². The summed E-state index contributed by atoms with van der Waals surface area (Å²) < 4.78 is 38.9. The maximum atomic E-state index is 13.1. The van der Waals surface area contributed by atoms with Crippen LogP contribution in [0.2, 0.25) is 0 Å². The second-order valence-electron chi connectivity index (χ2n) is 7.85. The number of hydrogen-bond acceptors (Lipinski definition) is 4. The van der Waals surface area contributed by atoms with E-state index in [1.807, 2.05) is 37.3 Å². The molecule has 172 valence electrons. The van der Waals surface area contributed by atoms with Gasteiger partial charge in [0, 0.05) is 38.2 Å². The van der Waals surface area contributed by atoms with Gasteiger partial charge >= 0.3 is 6.18 Å². The molecule has 0 aliphatic carbocycles. The number of thiazole rings is 1. The van der Waals surface area contributed by atoms with Gasteiger partial charge in [0.05, 0.1) is 16.3 Å². The molecule has 3 aromatic rings. The molecule has 1 aliphatic heterocycles. The topological polar surface area (TPSA) is 53.5 Å². The number of alkyl halides is 3. The van der Waals surface area contributed by atoms with Gasteiger partial charge in [0.1, 0.15) is 4.88 Å². The van der Waals surface area contributed by atoms with Crippen LogP contribution in [0.3, 0.4) is 0 Å². The van der Waals surface area contributed by atoms with E-state index >= 15 is 0 Å². The van der Waals surface area contributed by atoms with Crippen molar-refractivity contribution in [2.24, 2.45) is 0 Å². The van der Waals surface area contributed by atoms with Gasteiger partial charge in [-0.05, 0) is 30.7 Å².